The van der Waals surface area contributed by atoms with E-state index in [9.17, 15) is 9.59 Å². The van der Waals surface area contributed by atoms with E-state index in [2.05, 4.69) is 15.9 Å². The van der Waals surface area contributed by atoms with Gasteiger partial charge in [0.05, 0.1) is 5.56 Å². The van der Waals surface area contributed by atoms with E-state index < -0.39 is 5.97 Å². The van der Waals surface area contributed by atoms with Crippen molar-refractivity contribution in [2.75, 3.05) is 0 Å². The summed E-state index contributed by atoms with van der Waals surface area (Å²) in [5.74, 6) is -1.16. The number of rotatable bonds is 3. The molecule has 0 fully saturated rings. The van der Waals surface area contributed by atoms with E-state index in [1.54, 1.807) is 24.3 Å². The third kappa shape index (κ3) is 2.49. The number of carboxylic acids is 1. The molecule has 0 bridgehead atoms. The molecule has 0 heterocycles. The lowest BCUT2D eigenvalue weighted by atomic mass is 10.0. The van der Waals surface area contributed by atoms with Crippen molar-refractivity contribution in [3.8, 4) is 0 Å². The summed E-state index contributed by atoms with van der Waals surface area (Å²) >= 11 is 3.16. The quantitative estimate of drug-likeness (QED) is 0.884. The molecule has 3 nitrogen and oxygen atoms in total. The molecule has 0 aliphatic rings. The van der Waals surface area contributed by atoms with Crippen LogP contribution in [-0.4, -0.2) is 16.9 Å². The zero-order valence-corrected chi connectivity index (χ0v) is 10.8. The molecule has 2 rings (SSSR count). The number of benzene rings is 2. The van der Waals surface area contributed by atoms with Crippen LogP contribution in [0.2, 0.25) is 0 Å². The highest BCUT2D eigenvalue weighted by molar-refractivity contribution is 9.10. The molecule has 0 aliphatic carbocycles. The fraction of sp³-hybridized carbons (Fsp3) is 0. The molecule has 0 amide bonds. The number of hydrogen-bond acceptors (Lipinski definition) is 2. The molecule has 18 heavy (non-hydrogen) atoms. The molecule has 0 atom stereocenters. The predicted molar refractivity (Wildman–Crippen MR) is 71.0 cm³/mol. The van der Waals surface area contributed by atoms with E-state index in [1.165, 1.54) is 18.2 Å². The SMILES string of the molecule is O=C(c1ccccc1)c1ccc(C(=O)O)c(Br)c1. The Balaban J connectivity index is 2.39. The van der Waals surface area contributed by atoms with Gasteiger partial charge < -0.3 is 5.11 Å². The van der Waals surface area contributed by atoms with E-state index in [-0.39, 0.29) is 11.3 Å². The van der Waals surface area contributed by atoms with Crippen LogP contribution >= 0.6 is 15.9 Å². The molecule has 0 spiro atoms. The van der Waals surface area contributed by atoms with E-state index in [4.69, 9.17) is 5.11 Å². The molecule has 2 aromatic carbocycles. The second-order valence-electron chi connectivity index (χ2n) is 3.69. The summed E-state index contributed by atoms with van der Waals surface area (Å²) in [5.41, 5.74) is 1.17. The Kier molecular flexibility index (Phi) is 3.58. The van der Waals surface area contributed by atoms with Gasteiger partial charge in [-0.15, -0.1) is 0 Å². The lowest BCUT2D eigenvalue weighted by Crippen LogP contribution is -2.03. The molecule has 0 saturated heterocycles. The van der Waals surface area contributed by atoms with Crippen molar-refractivity contribution in [1.29, 1.82) is 0 Å². The summed E-state index contributed by atoms with van der Waals surface area (Å²) in [7, 11) is 0. The second-order valence-corrected chi connectivity index (χ2v) is 4.55. The maximum atomic E-state index is 12.1. The Morgan fingerprint density at radius 2 is 1.61 bits per heavy atom. The zero-order chi connectivity index (χ0) is 13.1. The Bertz CT molecular complexity index is 606. The summed E-state index contributed by atoms with van der Waals surface area (Å²) in [6.45, 7) is 0. The van der Waals surface area contributed by atoms with Crippen molar-refractivity contribution in [2.24, 2.45) is 0 Å². The Hall–Kier alpha value is -1.94. The average Bonchev–Trinajstić information content (AvgIpc) is 2.38. The van der Waals surface area contributed by atoms with Gasteiger partial charge in [-0.3, -0.25) is 4.79 Å². The summed E-state index contributed by atoms with van der Waals surface area (Å²) in [5, 5.41) is 8.90. The lowest BCUT2D eigenvalue weighted by Gasteiger charge is -2.04. The van der Waals surface area contributed by atoms with E-state index >= 15 is 0 Å². The first-order valence-corrected chi connectivity index (χ1v) is 6.01. The van der Waals surface area contributed by atoms with Crippen LogP contribution in [0.25, 0.3) is 0 Å². The fourth-order valence-electron chi connectivity index (χ4n) is 1.59. The number of carbonyl (C=O) groups excluding carboxylic acids is 1. The van der Waals surface area contributed by atoms with Crippen molar-refractivity contribution in [1.82, 2.24) is 0 Å². The van der Waals surface area contributed by atoms with E-state index in [0.717, 1.165) is 0 Å². The molecule has 0 unspecified atom stereocenters. The van der Waals surface area contributed by atoms with Gasteiger partial charge in [0.2, 0.25) is 0 Å². The van der Waals surface area contributed by atoms with Gasteiger partial charge >= 0.3 is 5.97 Å². The topological polar surface area (TPSA) is 54.4 Å². The maximum absolute atomic E-state index is 12.1. The first-order chi connectivity index (χ1) is 8.59. The van der Waals surface area contributed by atoms with E-state index in [0.29, 0.717) is 15.6 Å². The normalized spacial score (nSPS) is 10.1. The molecular formula is C14H9BrO3. The minimum absolute atomic E-state index is 0.131. The Morgan fingerprint density at radius 3 is 2.17 bits per heavy atom. The van der Waals surface area contributed by atoms with Gasteiger partial charge in [-0.1, -0.05) is 36.4 Å². The van der Waals surface area contributed by atoms with Gasteiger partial charge in [-0.2, -0.15) is 0 Å². The van der Waals surface area contributed by atoms with Crippen molar-refractivity contribution >= 4 is 27.7 Å². The van der Waals surface area contributed by atoms with Crippen molar-refractivity contribution in [3.63, 3.8) is 0 Å². The number of aromatic carboxylic acids is 1. The van der Waals surface area contributed by atoms with Crippen LogP contribution in [0.1, 0.15) is 26.3 Å². The minimum Gasteiger partial charge on any atom is -0.478 e. The monoisotopic (exact) mass is 304 g/mol. The van der Waals surface area contributed by atoms with Gasteiger partial charge in [0.15, 0.2) is 5.78 Å². The molecular weight excluding hydrogens is 296 g/mol. The maximum Gasteiger partial charge on any atom is 0.336 e. The summed E-state index contributed by atoms with van der Waals surface area (Å²) in [6.07, 6.45) is 0. The first kappa shape index (κ1) is 12.5. The largest absolute Gasteiger partial charge is 0.478 e. The van der Waals surface area contributed by atoms with Crippen LogP contribution in [0.4, 0.5) is 0 Å². The Morgan fingerprint density at radius 1 is 0.944 bits per heavy atom. The third-order valence-electron chi connectivity index (χ3n) is 2.50. The van der Waals surface area contributed by atoms with Crippen LogP contribution in [0, 0.1) is 0 Å². The number of carbonyl (C=O) groups is 2. The van der Waals surface area contributed by atoms with E-state index in [1.807, 2.05) is 6.07 Å². The standard InChI is InChI=1S/C14H9BrO3/c15-12-8-10(6-7-11(12)14(17)18)13(16)9-4-2-1-3-5-9/h1-8H,(H,17,18). The van der Waals surface area contributed by atoms with Gasteiger partial charge in [0, 0.05) is 15.6 Å². The predicted octanol–water partition coefficient (Wildman–Crippen LogP) is 3.38. The van der Waals surface area contributed by atoms with Crippen LogP contribution in [-0.2, 0) is 0 Å². The van der Waals surface area contributed by atoms with Crippen molar-refractivity contribution in [3.05, 3.63) is 69.7 Å². The molecule has 4 heteroatoms. The Labute approximate surface area is 112 Å². The molecule has 2 aromatic rings. The van der Waals surface area contributed by atoms with Crippen molar-refractivity contribution in [2.45, 2.75) is 0 Å². The number of hydrogen-bond donors (Lipinski definition) is 1. The third-order valence-corrected chi connectivity index (χ3v) is 3.15. The molecule has 90 valence electrons. The minimum atomic E-state index is -1.03. The smallest absolute Gasteiger partial charge is 0.336 e. The molecule has 0 saturated carbocycles. The molecule has 0 radical (unpaired) electrons. The summed E-state index contributed by atoms with van der Waals surface area (Å²) < 4.78 is 0.400. The van der Waals surface area contributed by atoms with Gasteiger partial charge in [-0.05, 0) is 28.1 Å². The summed E-state index contributed by atoms with van der Waals surface area (Å²) in [6, 6.07) is 13.3. The first-order valence-electron chi connectivity index (χ1n) is 5.22. The molecule has 1 N–H and O–H groups in total. The number of halogens is 1. The van der Waals surface area contributed by atoms with Crippen LogP contribution < -0.4 is 0 Å². The van der Waals surface area contributed by atoms with Crippen LogP contribution in [0.5, 0.6) is 0 Å². The average molecular weight is 305 g/mol. The fourth-order valence-corrected chi connectivity index (χ4v) is 2.13. The van der Waals surface area contributed by atoms with Gasteiger partial charge in [0.1, 0.15) is 0 Å². The molecule has 0 aliphatic heterocycles. The number of ketones is 1. The molecule has 0 aromatic heterocycles. The van der Waals surface area contributed by atoms with Gasteiger partial charge in [0.25, 0.3) is 0 Å². The number of carboxylic acid groups (broad SMARTS) is 1. The summed E-state index contributed by atoms with van der Waals surface area (Å²) in [4.78, 5) is 23.0. The van der Waals surface area contributed by atoms with Crippen LogP contribution in [0.15, 0.2) is 53.0 Å². The highest BCUT2D eigenvalue weighted by atomic mass is 79.9. The highest BCUT2D eigenvalue weighted by Gasteiger charge is 2.13. The lowest BCUT2D eigenvalue weighted by molar-refractivity contribution is 0.0695. The second kappa shape index (κ2) is 5.14. The van der Waals surface area contributed by atoms with Crippen LogP contribution in [0.3, 0.4) is 0 Å². The van der Waals surface area contributed by atoms with Crippen molar-refractivity contribution < 1.29 is 14.7 Å². The highest BCUT2D eigenvalue weighted by Crippen LogP contribution is 2.20. The van der Waals surface area contributed by atoms with Gasteiger partial charge in [-0.25, -0.2) is 4.79 Å². The zero-order valence-electron chi connectivity index (χ0n) is 9.26.